The molecule has 1 unspecified atom stereocenters. The van der Waals surface area contributed by atoms with Crippen molar-refractivity contribution >= 4 is 6.09 Å². The van der Waals surface area contributed by atoms with Crippen molar-refractivity contribution < 1.29 is 14.3 Å². The second-order valence-corrected chi connectivity index (χ2v) is 3.45. The highest BCUT2D eigenvalue weighted by Gasteiger charge is 2.05. The van der Waals surface area contributed by atoms with Gasteiger partial charge in [0, 0.05) is 13.1 Å². The third kappa shape index (κ3) is 3.81. The van der Waals surface area contributed by atoms with E-state index in [1.54, 1.807) is 18.2 Å². The largest absolute Gasteiger partial charge is 0.491 e. The average Bonchev–Trinajstić information content (AvgIpc) is 2.29. The molecule has 0 aliphatic heterocycles. The molecule has 0 bridgehead atoms. The first-order chi connectivity index (χ1) is 7.65. The van der Waals surface area contributed by atoms with Crippen LogP contribution in [0.15, 0.2) is 24.3 Å². The maximum atomic E-state index is 11.0. The van der Waals surface area contributed by atoms with Gasteiger partial charge in [0.05, 0.1) is 6.10 Å². The third-order valence-corrected chi connectivity index (χ3v) is 2.13. The molecule has 1 aromatic rings. The van der Waals surface area contributed by atoms with Crippen molar-refractivity contribution in [1.29, 1.82) is 0 Å². The zero-order chi connectivity index (χ0) is 12.0. The predicted molar refractivity (Wildman–Crippen MR) is 61.9 cm³/mol. The smallest absolute Gasteiger partial charge is 0.412 e. The summed E-state index contributed by atoms with van der Waals surface area (Å²) in [5.41, 5.74) is 0. The number of hydrogen-bond donors (Lipinski definition) is 1. The van der Waals surface area contributed by atoms with Crippen molar-refractivity contribution in [3.8, 4) is 11.5 Å². The van der Waals surface area contributed by atoms with E-state index in [0.29, 0.717) is 11.5 Å². The van der Waals surface area contributed by atoms with Gasteiger partial charge in [-0.25, -0.2) is 4.79 Å². The number of ether oxygens (including phenoxy) is 2. The Bertz CT molecular complexity index is 352. The standard InChI is InChI=1S/C12H17NO3/c1-4-9(2)15-10-6-5-7-11(8-10)16-12(14)13-3/h5-9H,4H2,1-3H3,(H,13,14). The minimum atomic E-state index is -0.485. The molecule has 4 heteroatoms. The van der Waals surface area contributed by atoms with Crippen molar-refractivity contribution in [1.82, 2.24) is 5.32 Å². The first-order valence-electron chi connectivity index (χ1n) is 5.32. The maximum Gasteiger partial charge on any atom is 0.412 e. The van der Waals surface area contributed by atoms with E-state index in [1.165, 1.54) is 7.05 Å². The number of amides is 1. The van der Waals surface area contributed by atoms with Crippen molar-refractivity contribution in [2.45, 2.75) is 26.4 Å². The fourth-order valence-electron chi connectivity index (χ4n) is 1.08. The Balaban J connectivity index is 2.67. The van der Waals surface area contributed by atoms with Crippen LogP contribution in [0.25, 0.3) is 0 Å². The van der Waals surface area contributed by atoms with Crippen LogP contribution in [-0.4, -0.2) is 19.2 Å². The van der Waals surface area contributed by atoms with Gasteiger partial charge in [-0.15, -0.1) is 0 Å². The molecule has 0 aliphatic carbocycles. The van der Waals surface area contributed by atoms with E-state index in [0.717, 1.165) is 6.42 Å². The monoisotopic (exact) mass is 223 g/mol. The molecule has 1 aromatic carbocycles. The van der Waals surface area contributed by atoms with Gasteiger partial charge in [0.15, 0.2) is 0 Å². The van der Waals surface area contributed by atoms with Gasteiger partial charge in [0.2, 0.25) is 0 Å². The van der Waals surface area contributed by atoms with Crippen LogP contribution in [0.2, 0.25) is 0 Å². The molecule has 0 heterocycles. The Hall–Kier alpha value is -1.71. The number of rotatable bonds is 4. The van der Waals surface area contributed by atoms with Crippen molar-refractivity contribution in [3.05, 3.63) is 24.3 Å². The SMILES string of the molecule is CCC(C)Oc1cccc(OC(=O)NC)c1. The minimum Gasteiger partial charge on any atom is -0.491 e. The van der Waals surface area contributed by atoms with E-state index in [9.17, 15) is 4.79 Å². The van der Waals surface area contributed by atoms with Crippen LogP contribution in [0, 0.1) is 0 Å². The zero-order valence-electron chi connectivity index (χ0n) is 9.82. The molecule has 0 radical (unpaired) electrons. The Kier molecular flexibility index (Phi) is 4.64. The van der Waals surface area contributed by atoms with Crippen molar-refractivity contribution in [2.24, 2.45) is 0 Å². The lowest BCUT2D eigenvalue weighted by Gasteiger charge is -2.13. The fourth-order valence-corrected chi connectivity index (χ4v) is 1.08. The Morgan fingerprint density at radius 3 is 2.75 bits per heavy atom. The normalized spacial score (nSPS) is 11.7. The Labute approximate surface area is 95.6 Å². The summed E-state index contributed by atoms with van der Waals surface area (Å²) in [5.74, 6) is 1.18. The molecule has 0 fully saturated rings. The van der Waals surface area contributed by atoms with Gasteiger partial charge in [-0.3, -0.25) is 0 Å². The van der Waals surface area contributed by atoms with E-state index in [2.05, 4.69) is 12.2 Å². The fraction of sp³-hybridized carbons (Fsp3) is 0.417. The molecule has 1 N–H and O–H groups in total. The van der Waals surface area contributed by atoms with Crippen LogP contribution in [0.5, 0.6) is 11.5 Å². The molecule has 1 atom stereocenters. The van der Waals surface area contributed by atoms with Gasteiger partial charge in [0.25, 0.3) is 0 Å². The summed E-state index contributed by atoms with van der Waals surface area (Å²) in [7, 11) is 1.52. The van der Waals surface area contributed by atoms with E-state index < -0.39 is 6.09 Å². The van der Waals surface area contributed by atoms with Crippen molar-refractivity contribution in [3.63, 3.8) is 0 Å². The molecule has 0 aromatic heterocycles. The Morgan fingerprint density at radius 2 is 2.12 bits per heavy atom. The summed E-state index contributed by atoms with van der Waals surface area (Å²) in [6, 6.07) is 7.03. The third-order valence-electron chi connectivity index (χ3n) is 2.13. The quantitative estimate of drug-likeness (QED) is 0.853. The second kappa shape index (κ2) is 6.00. The zero-order valence-corrected chi connectivity index (χ0v) is 9.82. The van der Waals surface area contributed by atoms with Gasteiger partial charge in [0.1, 0.15) is 11.5 Å². The number of benzene rings is 1. The van der Waals surface area contributed by atoms with Gasteiger partial charge >= 0.3 is 6.09 Å². The van der Waals surface area contributed by atoms with Crippen LogP contribution in [0.3, 0.4) is 0 Å². The van der Waals surface area contributed by atoms with Crippen molar-refractivity contribution in [2.75, 3.05) is 7.05 Å². The average molecular weight is 223 g/mol. The highest BCUT2D eigenvalue weighted by molar-refractivity contribution is 5.70. The molecule has 0 saturated heterocycles. The molecule has 0 aliphatic rings. The highest BCUT2D eigenvalue weighted by Crippen LogP contribution is 2.20. The molecular weight excluding hydrogens is 206 g/mol. The van der Waals surface area contributed by atoms with Crippen LogP contribution < -0.4 is 14.8 Å². The van der Waals surface area contributed by atoms with E-state index >= 15 is 0 Å². The molecular formula is C12H17NO3. The van der Waals surface area contributed by atoms with Gasteiger partial charge in [-0.1, -0.05) is 13.0 Å². The first kappa shape index (κ1) is 12.4. The summed E-state index contributed by atoms with van der Waals surface area (Å²) >= 11 is 0. The van der Waals surface area contributed by atoms with Crippen LogP contribution >= 0.6 is 0 Å². The lowest BCUT2D eigenvalue weighted by molar-refractivity contribution is 0.201. The van der Waals surface area contributed by atoms with E-state index in [1.807, 2.05) is 13.0 Å². The number of carbonyl (C=O) groups is 1. The molecule has 1 rings (SSSR count). The summed E-state index contributed by atoms with van der Waals surface area (Å²) in [6.07, 6.45) is 0.594. The molecule has 0 spiro atoms. The maximum absolute atomic E-state index is 11.0. The molecule has 88 valence electrons. The highest BCUT2D eigenvalue weighted by atomic mass is 16.6. The summed E-state index contributed by atoms with van der Waals surface area (Å²) in [4.78, 5) is 11.0. The summed E-state index contributed by atoms with van der Waals surface area (Å²) in [5, 5.41) is 2.38. The van der Waals surface area contributed by atoms with Gasteiger partial charge in [-0.05, 0) is 25.5 Å². The predicted octanol–water partition coefficient (Wildman–Crippen LogP) is 2.58. The topological polar surface area (TPSA) is 47.6 Å². The second-order valence-electron chi connectivity index (χ2n) is 3.45. The summed E-state index contributed by atoms with van der Waals surface area (Å²) < 4.78 is 10.6. The Morgan fingerprint density at radius 1 is 1.44 bits per heavy atom. The van der Waals surface area contributed by atoms with Gasteiger partial charge < -0.3 is 14.8 Å². The molecule has 4 nitrogen and oxygen atoms in total. The van der Waals surface area contributed by atoms with E-state index in [4.69, 9.17) is 9.47 Å². The van der Waals surface area contributed by atoms with E-state index in [-0.39, 0.29) is 6.10 Å². The lowest BCUT2D eigenvalue weighted by atomic mass is 10.3. The molecule has 1 amide bonds. The number of hydrogen-bond acceptors (Lipinski definition) is 3. The lowest BCUT2D eigenvalue weighted by Crippen LogP contribution is -2.22. The minimum absolute atomic E-state index is 0.148. The summed E-state index contributed by atoms with van der Waals surface area (Å²) in [6.45, 7) is 4.04. The molecule has 16 heavy (non-hydrogen) atoms. The first-order valence-corrected chi connectivity index (χ1v) is 5.32. The van der Waals surface area contributed by atoms with Crippen LogP contribution in [0.4, 0.5) is 4.79 Å². The molecule has 0 saturated carbocycles. The van der Waals surface area contributed by atoms with Crippen LogP contribution in [-0.2, 0) is 0 Å². The van der Waals surface area contributed by atoms with Gasteiger partial charge in [-0.2, -0.15) is 0 Å². The van der Waals surface area contributed by atoms with Crippen LogP contribution in [0.1, 0.15) is 20.3 Å². The number of carbonyl (C=O) groups excluding carboxylic acids is 1. The number of nitrogens with one attached hydrogen (secondary N) is 1.